The van der Waals surface area contributed by atoms with Gasteiger partial charge in [0.05, 0.1) is 23.1 Å². The maximum absolute atomic E-state index is 12.7. The number of carbonyl (C=O) groups is 3. The van der Waals surface area contributed by atoms with E-state index in [1.807, 2.05) is 18.2 Å². The van der Waals surface area contributed by atoms with Crippen LogP contribution >= 0.6 is 11.3 Å². The lowest BCUT2D eigenvalue weighted by Gasteiger charge is -2.35. The molecule has 1 aliphatic rings. The van der Waals surface area contributed by atoms with Gasteiger partial charge in [0, 0.05) is 31.9 Å². The number of carbonyl (C=O) groups excluding carboxylic acids is 3. The normalized spacial score (nSPS) is 14.5. The van der Waals surface area contributed by atoms with E-state index in [0.29, 0.717) is 10.6 Å². The largest absolute Gasteiger partial charge is 0.459 e. The lowest BCUT2D eigenvalue weighted by atomic mass is 10.1. The predicted octanol–water partition coefficient (Wildman–Crippen LogP) is 2.48. The van der Waals surface area contributed by atoms with Crippen LogP contribution in [-0.4, -0.2) is 61.5 Å². The number of primary amides is 1. The van der Waals surface area contributed by atoms with E-state index < -0.39 is 11.9 Å². The molecule has 1 aromatic carbocycles. The van der Waals surface area contributed by atoms with E-state index in [9.17, 15) is 14.4 Å². The Balaban J connectivity index is 1.64. The van der Waals surface area contributed by atoms with Crippen LogP contribution in [0.15, 0.2) is 30.3 Å². The van der Waals surface area contributed by atoms with Crippen molar-refractivity contribution < 1.29 is 19.1 Å². The topological polar surface area (TPSA) is 105 Å². The van der Waals surface area contributed by atoms with Crippen molar-refractivity contribution in [1.29, 1.82) is 0 Å². The first-order valence-electron chi connectivity index (χ1n) is 10.2. The molecule has 1 aliphatic heterocycles. The van der Waals surface area contributed by atoms with Gasteiger partial charge in [0.15, 0.2) is 0 Å². The third-order valence-corrected chi connectivity index (χ3v) is 6.25. The third-order valence-electron chi connectivity index (χ3n) is 5.03. The van der Waals surface area contributed by atoms with Crippen LogP contribution < -0.4 is 16.0 Å². The second kappa shape index (κ2) is 9.93. The summed E-state index contributed by atoms with van der Waals surface area (Å²) in [6.07, 6.45) is -0.326. The fourth-order valence-corrected chi connectivity index (χ4v) is 4.59. The molecule has 0 aliphatic carbocycles. The molecule has 3 N–H and O–H groups in total. The number of rotatable bonds is 7. The summed E-state index contributed by atoms with van der Waals surface area (Å²) in [6.45, 7) is 8.46. The van der Waals surface area contributed by atoms with Crippen LogP contribution in [0.5, 0.6) is 0 Å². The van der Waals surface area contributed by atoms with Gasteiger partial charge in [0.25, 0.3) is 5.91 Å². The first kappa shape index (κ1) is 22.8. The molecule has 0 radical (unpaired) electrons. The van der Waals surface area contributed by atoms with Crippen molar-refractivity contribution in [3.63, 3.8) is 0 Å². The Bertz CT molecular complexity index is 950. The molecule has 31 heavy (non-hydrogen) atoms. The molecule has 2 heterocycles. The predicted molar refractivity (Wildman–Crippen MR) is 122 cm³/mol. The standard InChI is InChI=1S/C22H28N4O4S/c1-14(2)30-22(29)18-15(3)19(20(23)28)31-21(18)24-17(27)13-25-9-11-26(12-10-25)16-7-5-4-6-8-16/h4-8,14H,9-13H2,1-3H3,(H2,23,28)(H,24,27). The Hall–Kier alpha value is -2.91. The number of thiophene rings is 1. The SMILES string of the molecule is Cc1c(C(N)=O)sc(NC(=O)CN2CCN(c3ccccc3)CC2)c1C(=O)OC(C)C. The number of ether oxygens (including phenoxy) is 1. The van der Waals surface area contributed by atoms with Crippen LogP contribution in [0.1, 0.15) is 39.4 Å². The van der Waals surface area contributed by atoms with E-state index >= 15 is 0 Å². The van der Waals surface area contributed by atoms with Gasteiger partial charge in [-0.15, -0.1) is 11.3 Å². The van der Waals surface area contributed by atoms with Crippen molar-refractivity contribution in [2.75, 3.05) is 42.9 Å². The van der Waals surface area contributed by atoms with Gasteiger partial charge < -0.3 is 20.7 Å². The second-order valence-electron chi connectivity index (χ2n) is 7.73. The van der Waals surface area contributed by atoms with Crippen molar-refractivity contribution in [3.8, 4) is 0 Å². The summed E-state index contributed by atoms with van der Waals surface area (Å²) in [5.74, 6) is -1.47. The zero-order chi connectivity index (χ0) is 22.5. The van der Waals surface area contributed by atoms with Gasteiger partial charge in [0.2, 0.25) is 5.91 Å². The Morgan fingerprint density at radius 1 is 1.13 bits per heavy atom. The number of esters is 1. The molecule has 0 unspecified atom stereocenters. The summed E-state index contributed by atoms with van der Waals surface area (Å²) in [6, 6.07) is 10.2. The van der Waals surface area contributed by atoms with Gasteiger partial charge in [0.1, 0.15) is 5.00 Å². The molecule has 0 atom stereocenters. The zero-order valence-corrected chi connectivity index (χ0v) is 18.8. The molecule has 1 aromatic heterocycles. The molecule has 8 nitrogen and oxygen atoms in total. The first-order valence-corrected chi connectivity index (χ1v) is 11.0. The summed E-state index contributed by atoms with van der Waals surface area (Å²) < 4.78 is 5.28. The smallest absolute Gasteiger partial charge is 0.341 e. The van der Waals surface area contributed by atoms with E-state index in [1.165, 1.54) is 5.69 Å². The third kappa shape index (κ3) is 5.62. The number of benzene rings is 1. The number of para-hydroxylation sites is 1. The molecular weight excluding hydrogens is 416 g/mol. The first-order chi connectivity index (χ1) is 14.8. The highest BCUT2D eigenvalue weighted by atomic mass is 32.1. The number of nitrogens with zero attached hydrogens (tertiary/aromatic N) is 2. The van der Waals surface area contributed by atoms with Gasteiger partial charge in [-0.05, 0) is 38.5 Å². The summed E-state index contributed by atoms with van der Waals surface area (Å²) in [4.78, 5) is 41.6. The van der Waals surface area contributed by atoms with E-state index in [1.54, 1.807) is 20.8 Å². The van der Waals surface area contributed by atoms with Crippen molar-refractivity contribution >= 4 is 39.8 Å². The fraction of sp³-hybridized carbons (Fsp3) is 0.409. The fourth-order valence-electron chi connectivity index (χ4n) is 3.53. The van der Waals surface area contributed by atoms with Crippen molar-refractivity contribution in [2.45, 2.75) is 26.9 Å². The van der Waals surface area contributed by atoms with E-state index in [2.05, 4.69) is 27.2 Å². The highest BCUT2D eigenvalue weighted by Crippen LogP contribution is 2.33. The van der Waals surface area contributed by atoms with Crippen molar-refractivity contribution in [2.24, 2.45) is 5.73 Å². The average molecular weight is 445 g/mol. The number of anilines is 2. The van der Waals surface area contributed by atoms with Crippen molar-refractivity contribution in [1.82, 2.24) is 4.90 Å². The summed E-state index contributed by atoms with van der Waals surface area (Å²) in [5, 5.41) is 3.08. The highest BCUT2D eigenvalue weighted by Gasteiger charge is 2.27. The molecule has 1 saturated heterocycles. The summed E-state index contributed by atoms with van der Waals surface area (Å²) in [5.41, 5.74) is 7.22. The van der Waals surface area contributed by atoms with Gasteiger partial charge in [-0.3, -0.25) is 14.5 Å². The van der Waals surface area contributed by atoms with Crippen LogP contribution in [0.25, 0.3) is 0 Å². The average Bonchev–Trinajstić information content (AvgIpc) is 3.04. The van der Waals surface area contributed by atoms with E-state index in [0.717, 1.165) is 37.5 Å². The lowest BCUT2D eigenvalue weighted by molar-refractivity contribution is -0.117. The number of nitrogens with two attached hydrogens (primary N) is 1. The summed E-state index contributed by atoms with van der Waals surface area (Å²) >= 11 is 1.00. The number of hydrogen-bond acceptors (Lipinski definition) is 7. The monoisotopic (exact) mass is 444 g/mol. The zero-order valence-electron chi connectivity index (χ0n) is 18.0. The highest BCUT2D eigenvalue weighted by molar-refractivity contribution is 7.18. The number of nitrogens with one attached hydrogen (secondary N) is 1. The van der Waals surface area contributed by atoms with Crippen LogP contribution in [0.4, 0.5) is 10.7 Å². The molecule has 0 spiro atoms. The molecule has 3 rings (SSSR count). The minimum atomic E-state index is -0.640. The summed E-state index contributed by atoms with van der Waals surface area (Å²) in [7, 11) is 0. The Morgan fingerprint density at radius 2 is 1.77 bits per heavy atom. The second-order valence-corrected chi connectivity index (χ2v) is 8.75. The quantitative estimate of drug-likeness (QED) is 0.636. The van der Waals surface area contributed by atoms with Gasteiger partial charge in [-0.1, -0.05) is 18.2 Å². The number of piperazine rings is 1. The lowest BCUT2D eigenvalue weighted by Crippen LogP contribution is -2.48. The minimum Gasteiger partial charge on any atom is -0.459 e. The maximum atomic E-state index is 12.7. The molecule has 0 bridgehead atoms. The Labute approximate surface area is 186 Å². The van der Waals surface area contributed by atoms with Crippen LogP contribution in [0.2, 0.25) is 0 Å². The van der Waals surface area contributed by atoms with Crippen LogP contribution in [-0.2, 0) is 9.53 Å². The molecule has 0 saturated carbocycles. The Kier molecular flexibility index (Phi) is 7.29. The van der Waals surface area contributed by atoms with Gasteiger partial charge in [-0.25, -0.2) is 4.79 Å². The van der Waals surface area contributed by atoms with Crippen LogP contribution in [0, 0.1) is 6.92 Å². The molecular formula is C22H28N4O4S. The van der Waals surface area contributed by atoms with Crippen molar-refractivity contribution in [3.05, 3.63) is 46.3 Å². The molecule has 2 amide bonds. The Morgan fingerprint density at radius 3 is 2.35 bits per heavy atom. The van der Waals surface area contributed by atoms with Gasteiger partial charge in [-0.2, -0.15) is 0 Å². The molecule has 9 heteroatoms. The minimum absolute atomic E-state index is 0.190. The van der Waals surface area contributed by atoms with E-state index in [-0.39, 0.29) is 29.0 Å². The molecule has 166 valence electrons. The van der Waals surface area contributed by atoms with Gasteiger partial charge >= 0.3 is 5.97 Å². The molecule has 2 aromatic rings. The number of hydrogen-bond donors (Lipinski definition) is 2. The maximum Gasteiger partial charge on any atom is 0.341 e. The van der Waals surface area contributed by atoms with Crippen LogP contribution in [0.3, 0.4) is 0 Å². The van der Waals surface area contributed by atoms with E-state index in [4.69, 9.17) is 10.5 Å². The molecule has 1 fully saturated rings. The number of amides is 2.